The van der Waals surface area contributed by atoms with Crippen molar-refractivity contribution >= 4 is 27.1 Å². The van der Waals surface area contributed by atoms with Crippen LogP contribution in [0, 0.1) is 0 Å². The molecule has 0 saturated heterocycles. The number of halogens is 1. The number of hydrogen-bond acceptors (Lipinski definition) is 2. The first-order chi connectivity index (χ1) is 9.24. The Hall–Kier alpha value is -0.970. The fraction of sp³-hybridized carbons (Fsp3) is 0.200. The number of fused-ring (bicyclic) bond motifs is 2. The highest BCUT2D eigenvalue weighted by atomic mass is 79.9. The molecule has 0 fully saturated rings. The topological polar surface area (TPSA) is 32.3 Å². The quantitative estimate of drug-likeness (QED) is 0.619. The molecule has 0 spiro atoms. The number of benzene rings is 2. The smallest absolute Gasteiger partial charge is 0.166 e. The molecule has 98 valence electrons. The van der Waals surface area contributed by atoms with Crippen LogP contribution in [0.4, 0.5) is 0 Å². The van der Waals surface area contributed by atoms with Gasteiger partial charge in [-0.3, -0.25) is 0 Å². The third kappa shape index (κ3) is 2.18. The molecule has 1 aliphatic rings. The zero-order chi connectivity index (χ0) is 13.4. The molecule has 2 aromatic carbocycles. The Balaban J connectivity index is 2.19. The van der Waals surface area contributed by atoms with Crippen LogP contribution in [0.1, 0.15) is 16.7 Å². The monoisotopic (exact) mass is 336 g/mol. The van der Waals surface area contributed by atoms with E-state index >= 15 is 0 Å². The van der Waals surface area contributed by atoms with E-state index in [9.17, 15) is 4.55 Å². The van der Waals surface area contributed by atoms with E-state index in [1.165, 1.54) is 0 Å². The lowest BCUT2D eigenvalue weighted by molar-refractivity contribution is 0.413. The number of hydrogen-bond donors (Lipinski definition) is 0. The summed E-state index contributed by atoms with van der Waals surface area (Å²) in [5.41, 5.74) is 3.29. The van der Waals surface area contributed by atoms with Gasteiger partial charge in [0.15, 0.2) is 9.79 Å². The van der Waals surface area contributed by atoms with Crippen LogP contribution < -0.4 is 4.74 Å². The highest BCUT2D eigenvalue weighted by Crippen LogP contribution is 2.39. The Morgan fingerprint density at radius 1 is 1.26 bits per heavy atom. The molecule has 19 heavy (non-hydrogen) atoms. The number of alkyl halides is 1. The maximum absolute atomic E-state index is 12.7. The molecule has 0 aliphatic carbocycles. The molecule has 3 rings (SSSR count). The first kappa shape index (κ1) is 13.0. The number of rotatable bonds is 2. The summed E-state index contributed by atoms with van der Waals surface area (Å²) in [6, 6.07) is 11.9. The average molecular weight is 337 g/mol. The van der Waals surface area contributed by atoms with E-state index in [4.69, 9.17) is 4.74 Å². The van der Waals surface area contributed by atoms with Crippen LogP contribution in [0.3, 0.4) is 0 Å². The van der Waals surface area contributed by atoms with Crippen LogP contribution >= 0.6 is 15.9 Å². The third-order valence-electron chi connectivity index (χ3n) is 3.33. The van der Waals surface area contributed by atoms with E-state index < -0.39 is 11.2 Å². The standard InChI is InChI=1S/C15H13BrO2S/c1-18-13-7-11-6-10-4-2-3-5-14(10)19(17)15(11)12(8-13)9-16/h2-5,7-8H,6,9H2,1H3. The van der Waals surface area contributed by atoms with Gasteiger partial charge in [-0.05, 0) is 18.2 Å². The summed E-state index contributed by atoms with van der Waals surface area (Å²) >= 11 is 2.38. The zero-order valence-electron chi connectivity index (χ0n) is 10.5. The summed E-state index contributed by atoms with van der Waals surface area (Å²) in [7, 11) is 1.66. The third-order valence-corrected chi connectivity index (χ3v) is 5.63. The summed E-state index contributed by atoms with van der Waals surface area (Å²) < 4.78 is 18.1. The molecule has 0 radical (unpaired) electrons. The number of ether oxygens (including phenoxy) is 1. The molecule has 1 aliphatic heterocycles. The van der Waals surface area contributed by atoms with E-state index in [0.717, 1.165) is 38.7 Å². The summed E-state index contributed by atoms with van der Waals surface area (Å²) in [6.45, 7) is 0. The van der Waals surface area contributed by atoms with Crippen LogP contribution in [0.25, 0.3) is 0 Å². The van der Waals surface area contributed by atoms with Crippen molar-refractivity contribution in [2.45, 2.75) is 21.5 Å². The minimum atomic E-state index is -1.10. The van der Waals surface area contributed by atoms with Crippen molar-refractivity contribution in [2.24, 2.45) is 0 Å². The van der Waals surface area contributed by atoms with Crippen LogP contribution in [-0.4, -0.2) is 11.7 Å². The lowest BCUT2D eigenvalue weighted by Gasteiger charge is -2.24. The summed E-state index contributed by atoms with van der Waals surface area (Å²) in [5.74, 6) is 0.824. The highest BCUT2D eigenvalue weighted by Gasteiger charge is 2.31. The molecular formula is C15H13BrO2S. The van der Waals surface area contributed by atoms with Gasteiger partial charge in [0.25, 0.3) is 0 Å². The first-order valence-electron chi connectivity index (χ1n) is 6.00. The van der Waals surface area contributed by atoms with Crippen molar-refractivity contribution in [1.29, 1.82) is 0 Å². The fourth-order valence-corrected chi connectivity index (χ4v) is 4.62. The van der Waals surface area contributed by atoms with Gasteiger partial charge in [0.2, 0.25) is 0 Å². The maximum atomic E-state index is 12.7. The van der Waals surface area contributed by atoms with E-state index in [2.05, 4.69) is 15.9 Å². The summed E-state index contributed by atoms with van der Waals surface area (Å²) in [4.78, 5) is 1.87. The molecule has 1 atom stereocenters. The van der Waals surface area contributed by atoms with Gasteiger partial charge in [-0.2, -0.15) is 0 Å². The van der Waals surface area contributed by atoms with Crippen molar-refractivity contribution < 1.29 is 9.29 Å². The highest BCUT2D eigenvalue weighted by molar-refractivity contribution is 9.08. The zero-order valence-corrected chi connectivity index (χ0v) is 12.9. The van der Waals surface area contributed by atoms with Crippen LogP contribution in [0.5, 0.6) is 5.75 Å². The predicted molar refractivity (Wildman–Crippen MR) is 79.5 cm³/mol. The second-order valence-corrected chi connectivity index (χ2v) is 6.41. The van der Waals surface area contributed by atoms with Crippen molar-refractivity contribution in [2.75, 3.05) is 7.11 Å². The molecule has 0 amide bonds. The normalized spacial score (nSPS) is 16.7. The Morgan fingerprint density at radius 3 is 2.79 bits per heavy atom. The van der Waals surface area contributed by atoms with Crippen molar-refractivity contribution in [3.8, 4) is 5.75 Å². The van der Waals surface area contributed by atoms with Gasteiger partial charge in [-0.1, -0.05) is 34.1 Å². The molecular weight excluding hydrogens is 324 g/mol. The minimum Gasteiger partial charge on any atom is -0.606 e. The van der Waals surface area contributed by atoms with Crippen molar-refractivity contribution in [3.05, 3.63) is 53.1 Å². The van der Waals surface area contributed by atoms with Gasteiger partial charge in [0, 0.05) is 39.6 Å². The first-order valence-corrected chi connectivity index (χ1v) is 8.27. The van der Waals surface area contributed by atoms with Gasteiger partial charge < -0.3 is 9.29 Å². The second-order valence-electron chi connectivity index (χ2n) is 4.46. The molecule has 0 bridgehead atoms. The maximum Gasteiger partial charge on any atom is 0.166 e. The van der Waals surface area contributed by atoms with E-state index in [0.29, 0.717) is 5.33 Å². The molecule has 1 heterocycles. The Kier molecular flexibility index (Phi) is 3.56. The van der Waals surface area contributed by atoms with Gasteiger partial charge in [0.1, 0.15) is 5.75 Å². The average Bonchev–Trinajstić information content (AvgIpc) is 2.46. The molecule has 2 nitrogen and oxygen atoms in total. The molecule has 0 N–H and O–H groups in total. The summed E-state index contributed by atoms with van der Waals surface area (Å²) in [6.07, 6.45) is 0.814. The van der Waals surface area contributed by atoms with Crippen LogP contribution in [0.15, 0.2) is 46.2 Å². The van der Waals surface area contributed by atoms with Crippen molar-refractivity contribution in [3.63, 3.8) is 0 Å². The molecule has 0 aromatic heterocycles. The van der Waals surface area contributed by atoms with E-state index in [1.807, 2.05) is 36.4 Å². The van der Waals surface area contributed by atoms with Crippen LogP contribution in [0.2, 0.25) is 0 Å². The fourth-order valence-electron chi connectivity index (χ4n) is 2.45. The molecule has 0 saturated carbocycles. The Labute approximate surface area is 124 Å². The number of methoxy groups -OCH3 is 1. The Morgan fingerprint density at radius 2 is 2.05 bits per heavy atom. The largest absolute Gasteiger partial charge is 0.606 e. The van der Waals surface area contributed by atoms with E-state index in [-0.39, 0.29) is 0 Å². The van der Waals surface area contributed by atoms with Crippen molar-refractivity contribution in [1.82, 2.24) is 0 Å². The molecule has 2 aromatic rings. The lowest BCUT2D eigenvalue weighted by atomic mass is 10.0. The second kappa shape index (κ2) is 5.19. The summed E-state index contributed by atoms with van der Waals surface area (Å²) in [5, 5.41) is 0.681. The molecule has 1 unspecified atom stereocenters. The Bertz CT molecular complexity index is 628. The van der Waals surface area contributed by atoms with Gasteiger partial charge in [-0.15, -0.1) is 0 Å². The minimum absolute atomic E-state index is 0.681. The van der Waals surface area contributed by atoms with E-state index in [1.54, 1.807) is 7.11 Å². The van der Waals surface area contributed by atoms with Gasteiger partial charge in [-0.25, -0.2) is 0 Å². The molecule has 4 heteroatoms. The van der Waals surface area contributed by atoms with Gasteiger partial charge in [0.05, 0.1) is 7.11 Å². The SMILES string of the molecule is COc1cc(CBr)c2c(c1)Cc1ccccc1[S+]2[O-]. The lowest BCUT2D eigenvalue weighted by Crippen LogP contribution is -2.16. The van der Waals surface area contributed by atoms with Gasteiger partial charge >= 0.3 is 0 Å². The predicted octanol–water partition coefficient (Wildman–Crippen LogP) is 3.66. The van der Waals surface area contributed by atoms with Crippen LogP contribution in [-0.2, 0) is 22.9 Å².